The summed E-state index contributed by atoms with van der Waals surface area (Å²) in [4.78, 5) is 22.9. The van der Waals surface area contributed by atoms with E-state index in [4.69, 9.17) is 4.74 Å². The van der Waals surface area contributed by atoms with E-state index >= 15 is 0 Å². The van der Waals surface area contributed by atoms with Crippen molar-refractivity contribution < 1.29 is 14.5 Å². The summed E-state index contributed by atoms with van der Waals surface area (Å²) in [6.45, 7) is 0. The third kappa shape index (κ3) is 4.15. The summed E-state index contributed by atoms with van der Waals surface area (Å²) >= 11 is 0. The molecule has 0 atom stereocenters. The minimum absolute atomic E-state index is 0.149. The van der Waals surface area contributed by atoms with E-state index in [0.717, 1.165) is 0 Å². The number of methoxy groups -OCH3 is 1. The van der Waals surface area contributed by atoms with Crippen LogP contribution in [0, 0.1) is 21.4 Å². The van der Waals surface area contributed by atoms with E-state index in [1.54, 1.807) is 37.4 Å². The maximum atomic E-state index is 12.4. The summed E-state index contributed by atoms with van der Waals surface area (Å²) < 4.78 is 5.15. The van der Waals surface area contributed by atoms with Crippen LogP contribution >= 0.6 is 0 Å². The first-order chi connectivity index (χ1) is 12.5. The Labute approximate surface area is 149 Å². The largest absolute Gasteiger partial charge is 0.495 e. The second-order valence-electron chi connectivity index (χ2n) is 5.11. The topological polar surface area (TPSA) is 117 Å². The molecule has 0 aliphatic carbocycles. The van der Waals surface area contributed by atoms with Gasteiger partial charge in [0.25, 0.3) is 11.6 Å². The van der Waals surface area contributed by atoms with Gasteiger partial charge in [-0.3, -0.25) is 14.9 Å². The third-order valence-electron chi connectivity index (χ3n) is 3.52. The van der Waals surface area contributed by atoms with Crippen LogP contribution in [0.1, 0.15) is 5.56 Å². The summed E-state index contributed by atoms with van der Waals surface area (Å²) in [5, 5.41) is 25.7. The lowest BCUT2D eigenvalue weighted by Gasteiger charge is -2.09. The van der Waals surface area contributed by atoms with Crippen molar-refractivity contribution in [1.82, 2.24) is 0 Å². The molecule has 0 saturated carbocycles. The van der Waals surface area contributed by atoms with Crippen LogP contribution in [-0.4, -0.2) is 25.0 Å². The maximum Gasteiger partial charge on any atom is 0.292 e. The van der Waals surface area contributed by atoms with Crippen molar-refractivity contribution in [1.29, 1.82) is 5.26 Å². The average molecular weight is 352 g/mol. The number of para-hydroxylation sites is 2. The predicted molar refractivity (Wildman–Crippen MR) is 97.9 cm³/mol. The molecule has 8 nitrogen and oxygen atoms in total. The summed E-state index contributed by atoms with van der Waals surface area (Å²) in [5.74, 6) is -0.190. The molecule has 2 aromatic carbocycles. The van der Waals surface area contributed by atoms with Gasteiger partial charge in [-0.1, -0.05) is 18.2 Å². The number of ether oxygens (including phenoxy) is 1. The van der Waals surface area contributed by atoms with Gasteiger partial charge in [-0.2, -0.15) is 5.26 Å². The lowest BCUT2D eigenvalue weighted by atomic mass is 10.1. The van der Waals surface area contributed by atoms with E-state index in [0.29, 0.717) is 22.7 Å². The molecule has 0 spiro atoms. The van der Waals surface area contributed by atoms with Crippen molar-refractivity contribution in [3.05, 3.63) is 63.7 Å². The van der Waals surface area contributed by atoms with Crippen LogP contribution < -0.4 is 15.4 Å². The lowest BCUT2D eigenvalue weighted by molar-refractivity contribution is -0.384. The van der Waals surface area contributed by atoms with Crippen LogP contribution in [0.5, 0.6) is 5.75 Å². The number of carbonyl (C=O) groups excluding carboxylic acids is 1. The number of nitrogens with zero attached hydrogens (tertiary/aromatic N) is 2. The molecule has 132 valence electrons. The van der Waals surface area contributed by atoms with Crippen molar-refractivity contribution in [3.63, 3.8) is 0 Å². The number of benzene rings is 2. The minimum atomic E-state index is -0.641. The standard InChI is InChI=1S/C18H16N4O4/c1-20-14-8-7-12(10-16(14)22(24)25)9-13(11-19)18(23)21-15-5-3-4-6-17(15)26-2/h3-10,20H,1-2H3,(H,21,23)/b13-9+. The van der Waals surface area contributed by atoms with Gasteiger partial charge in [0.15, 0.2) is 0 Å². The molecular weight excluding hydrogens is 336 g/mol. The Hall–Kier alpha value is -3.86. The van der Waals surface area contributed by atoms with Crippen LogP contribution in [0.4, 0.5) is 17.1 Å². The molecule has 0 heterocycles. The van der Waals surface area contributed by atoms with Crippen molar-refractivity contribution in [2.24, 2.45) is 0 Å². The number of hydrogen-bond donors (Lipinski definition) is 2. The Morgan fingerprint density at radius 3 is 2.62 bits per heavy atom. The SMILES string of the molecule is CNc1ccc(/C=C(\C#N)C(=O)Nc2ccccc2OC)cc1[N+](=O)[O-]. The lowest BCUT2D eigenvalue weighted by Crippen LogP contribution is -2.14. The first-order valence-corrected chi connectivity index (χ1v) is 7.52. The Kier molecular flexibility index (Phi) is 5.90. The predicted octanol–water partition coefficient (Wildman–Crippen LogP) is 3.19. The summed E-state index contributed by atoms with van der Waals surface area (Å²) in [5.41, 5.74) is 0.773. The molecule has 2 aromatic rings. The van der Waals surface area contributed by atoms with E-state index in [1.807, 2.05) is 6.07 Å². The quantitative estimate of drug-likeness (QED) is 0.357. The number of hydrogen-bond acceptors (Lipinski definition) is 6. The van der Waals surface area contributed by atoms with Gasteiger partial charge in [-0.15, -0.1) is 0 Å². The van der Waals surface area contributed by atoms with Crippen LogP contribution in [0.2, 0.25) is 0 Å². The Morgan fingerprint density at radius 1 is 1.27 bits per heavy atom. The molecule has 2 N–H and O–H groups in total. The zero-order valence-electron chi connectivity index (χ0n) is 14.1. The second-order valence-corrected chi connectivity index (χ2v) is 5.11. The number of anilines is 2. The molecule has 2 rings (SSSR count). The van der Waals surface area contributed by atoms with Crippen molar-refractivity contribution in [2.45, 2.75) is 0 Å². The zero-order valence-corrected chi connectivity index (χ0v) is 14.1. The van der Waals surface area contributed by atoms with Crippen LogP contribution in [-0.2, 0) is 4.79 Å². The molecule has 0 saturated heterocycles. The Bertz CT molecular complexity index is 916. The highest BCUT2D eigenvalue weighted by atomic mass is 16.6. The van der Waals surface area contributed by atoms with Gasteiger partial charge in [-0.05, 0) is 29.8 Å². The van der Waals surface area contributed by atoms with Gasteiger partial charge >= 0.3 is 0 Å². The van der Waals surface area contributed by atoms with Gasteiger partial charge < -0.3 is 15.4 Å². The molecule has 0 bridgehead atoms. The van der Waals surface area contributed by atoms with E-state index in [2.05, 4.69) is 10.6 Å². The molecule has 0 aliphatic rings. The fraction of sp³-hybridized carbons (Fsp3) is 0.111. The minimum Gasteiger partial charge on any atom is -0.495 e. The summed E-state index contributed by atoms with van der Waals surface area (Å²) in [6, 6.07) is 13.0. The summed E-state index contributed by atoms with van der Waals surface area (Å²) in [6.07, 6.45) is 1.29. The highest BCUT2D eigenvalue weighted by Crippen LogP contribution is 2.27. The molecule has 26 heavy (non-hydrogen) atoms. The number of nitro benzene ring substituents is 1. The van der Waals surface area contributed by atoms with Crippen LogP contribution in [0.3, 0.4) is 0 Å². The van der Waals surface area contributed by atoms with Gasteiger partial charge in [0.1, 0.15) is 23.1 Å². The monoisotopic (exact) mass is 352 g/mol. The maximum absolute atomic E-state index is 12.4. The van der Waals surface area contributed by atoms with Crippen LogP contribution in [0.15, 0.2) is 48.0 Å². The molecule has 0 aromatic heterocycles. The van der Waals surface area contributed by atoms with Crippen LogP contribution in [0.25, 0.3) is 6.08 Å². The van der Waals surface area contributed by atoms with Crippen molar-refractivity contribution in [3.8, 4) is 11.8 Å². The fourth-order valence-corrected chi connectivity index (χ4v) is 2.25. The summed E-state index contributed by atoms with van der Waals surface area (Å²) in [7, 11) is 3.04. The number of carbonyl (C=O) groups is 1. The molecule has 1 amide bonds. The van der Waals surface area contributed by atoms with E-state index in [1.165, 1.54) is 25.3 Å². The number of amides is 1. The van der Waals surface area contributed by atoms with E-state index in [-0.39, 0.29) is 11.3 Å². The molecule has 0 fully saturated rings. The van der Waals surface area contributed by atoms with E-state index in [9.17, 15) is 20.2 Å². The fourth-order valence-electron chi connectivity index (χ4n) is 2.25. The number of nitriles is 1. The third-order valence-corrected chi connectivity index (χ3v) is 3.52. The smallest absolute Gasteiger partial charge is 0.292 e. The van der Waals surface area contributed by atoms with Gasteiger partial charge in [0.2, 0.25) is 0 Å². The van der Waals surface area contributed by atoms with Crippen molar-refractivity contribution in [2.75, 3.05) is 24.8 Å². The van der Waals surface area contributed by atoms with E-state index < -0.39 is 10.8 Å². The number of nitro groups is 1. The Balaban J connectivity index is 2.33. The second kappa shape index (κ2) is 8.30. The van der Waals surface area contributed by atoms with Crippen molar-refractivity contribution >= 4 is 29.0 Å². The zero-order chi connectivity index (χ0) is 19.1. The first-order valence-electron chi connectivity index (χ1n) is 7.52. The highest BCUT2D eigenvalue weighted by molar-refractivity contribution is 6.10. The molecule has 0 unspecified atom stereocenters. The first kappa shape index (κ1) is 18.5. The number of rotatable bonds is 6. The molecule has 8 heteroatoms. The number of nitrogens with one attached hydrogen (secondary N) is 2. The molecule has 0 radical (unpaired) electrons. The molecular formula is C18H16N4O4. The molecule has 0 aliphatic heterocycles. The van der Waals surface area contributed by atoms with Gasteiger partial charge in [0, 0.05) is 13.1 Å². The van der Waals surface area contributed by atoms with Gasteiger partial charge in [-0.25, -0.2) is 0 Å². The Morgan fingerprint density at radius 2 is 2.00 bits per heavy atom. The van der Waals surface area contributed by atoms with Gasteiger partial charge in [0.05, 0.1) is 17.7 Å². The normalized spacial score (nSPS) is 10.6. The highest BCUT2D eigenvalue weighted by Gasteiger charge is 2.15. The average Bonchev–Trinajstić information content (AvgIpc) is 2.66.